The molecular weight excluding hydrogens is 238 g/mol. The molecule has 1 heterocycles. The van der Waals surface area contributed by atoms with Crippen LogP contribution in [0.25, 0.3) is 0 Å². The third-order valence-corrected chi connectivity index (χ3v) is 3.04. The Morgan fingerprint density at radius 1 is 1.21 bits per heavy atom. The van der Waals surface area contributed by atoms with Crippen LogP contribution >= 0.6 is 0 Å². The predicted molar refractivity (Wildman–Crippen MR) is 75.3 cm³/mol. The van der Waals surface area contributed by atoms with Crippen molar-refractivity contribution in [1.82, 2.24) is 4.98 Å². The third kappa shape index (κ3) is 3.32. The molecule has 2 rings (SSSR count). The van der Waals surface area contributed by atoms with Crippen LogP contribution in [0.1, 0.15) is 36.1 Å². The number of hydrogen-bond donors (Lipinski definition) is 1. The largest absolute Gasteiger partial charge is 0.494 e. The molecule has 0 saturated carbocycles. The van der Waals surface area contributed by atoms with E-state index in [0.717, 1.165) is 28.9 Å². The van der Waals surface area contributed by atoms with E-state index in [0.29, 0.717) is 6.61 Å². The molecule has 1 aromatic carbocycles. The second kappa shape index (κ2) is 6.34. The molecule has 0 amide bonds. The lowest BCUT2D eigenvalue weighted by Gasteiger charge is -2.14. The van der Waals surface area contributed by atoms with Crippen LogP contribution in [-0.2, 0) is 0 Å². The highest BCUT2D eigenvalue weighted by atomic mass is 16.5. The number of ether oxygens (including phenoxy) is 1. The minimum absolute atomic E-state index is 0.645. The number of aromatic nitrogens is 1. The van der Waals surface area contributed by atoms with Gasteiger partial charge in [-0.15, -0.1) is 0 Å². The van der Waals surface area contributed by atoms with E-state index in [2.05, 4.69) is 11.9 Å². The van der Waals surface area contributed by atoms with Crippen molar-refractivity contribution in [3.8, 4) is 5.75 Å². The second-order valence-corrected chi connectivity index (χ2v) is 4.55. The number of rotatable bonds is 5. The normalized spacial score (nSPS) is 12.2. The van der Waals surface area contributed by atoms with Crippen LogP contribution in [0.5, 0.6) is 5.75 Å². The topological polar surface area (TPSA) is 42.4 Å². The van der Waals surface area contributed by atoms with Gasteiger partial charge in [0.2, 0.25) is 0 Å². The first-order valence-electron chi connectivity index (χ1n) is 6.53. The van der Waals surface area contributed by atoms with Gasteiger partial charge in [0, 0.05) is 18.0 Å². The van der Waals surface area contributed by atoms with Crippen molar-refractivity contribution in [2.24, 2.45) is 0 Å². The molecule has 0 aliphatic heterocycles. The Balaban J connectivity index is 2.16. The lowest BCUT2D eigenvalue weighted by atomic mass is 9.99. The zero-order valence-corrected chi connectivity index (χ0v) is 11.3. The van der Waals surface area contributed by atoms with Gasteiger partial charge in [-0.1, -0.05) is 19.1 Å². The molecular formula is C16H19NO2. The maximum absolute atomic E-state index is 10.4. The standard InChI is InChI=1S/C16H19NO2/c1-3-10-19-14-6-4-13(5-7-14)16(18)15-11-17-9-8-12(15)2/h4-9,11,16,18H,3,10H2,1-2H3. The molecule has 2 aromatic rings. The molecule has 0 fully saturated rings. The maximum Gasteiger partial charge on any atom is 0.119 e. The molecule has 19 heavy (non-hydrogen) atoms. The van der Waals surface area contributed by atoms with E-state index < -0.39 is 6.10 Å². The minimum Gasteiger partial charge on any atom is -0.494 e. The summed E-state index contributed by atoms with van der Waals surface area (Å²) in [5.74, 6) is 0.834. The number of benzene rings is 1. The highest BCUT2D eigenvalue weighted by Gasteiger charge is 2.12. The van der Waals surface area contributed by atoms with Crippen molar-refractivity contribution < 1.29 is 9.84 Å². The fourth-order valence-electron chi connectivity index (χ4n) is 1.91. The predicted octanol–water partition coefficient (Wildman–Crippen LogP) is 3.26. The molecule has 0 aliphatic carbocycles. The number of aliphatic hydroxyl groups is 1. The van der Waals surface area contributed by atoms with Gasteiger partial charge < -0.3 is 9.84 Å². The number of hydrogen-bond acceptors (Lipinski definition) is 3. The molecule has 1 aromatic heterocycles. The van der Waals surface area contributed by atoms with Gasteiger partial charge >= 0.3 is 0 Å². The fraction of sp³-hybridized carbons (Fsp3) is 0.312. The van der Waals surface area contributed by atoms with Crippen LogP contribution in [0.2, 0.25) is 0 Å². The van der Waals surface area contributed by atoms with Gasteiger partial charge in [-0.05, 0) is 42.7 Å². The molecule has 1 N–H and O–H groups in total. The zero-order valence-electron chi connectivity index (χ0n) is 11.3. The fourth-order valence-corrected chi connectivity index (χ4v) is 1.91. The quantitative estimate of drug-likeness (QED) is 0.894. The number of pyridine rings is 1. The van der Waals surface area contributed by atoms with Gasteiger partial charge in [-0.3, -0.25) is 4.98 Å². The highest BCUT2D eigenvalue weighted by Crippen LogP contribution is 2.25. The van der Waals surface area contributed by atoms with Crippen molar-refractivity contribution in [1.29, 1.82) is 0 Å². The van der Waals surface area contributed by atoms with Crippen LogP contribution in [0.15, 0.2) is 42.7 Å². The van der Waals surface area contributed by atoms with Gasteiger partial charge in [-0.2, -0.15) is 0 Å². The summed E-state index contributed by atoms with van der Waals surface area (Å²) in [6, 6.07) is 9.46. The van der Waals surface area contributed by atoms with E-state index in [-0.39, 0.29) is 0 Å². The Bertz CT molecular complexity index is 523. The van der Waals surface area contributed by atoms with E-state index in [9.17, 15) is 5.11 Å². The first-order chi connectivity index (χ1) is 9.22. The Morgan fingerprint density at radius 3 is 2.58 bits per heavy atom. The highest BCUT2D eigenvalue weighted by molar-refractivity contribution is 5.35. The van der Waals surface area contributed by atoms with Gasteiger partial charge in [0.1, 0.15) is 11.9 Å². The molecule has 3 heteroatoms. The molecule has 0 saturated heterocycles. The Labute approximate surface area is 113 Å². The van der Waals surface area contributed by atoms with Crippen molar-refractivity contribution in [2.45, 2.75) is 26.4 Å². The Hall–Kier alpha value is -1.87. The van der Waals surface area contributed by atoms with Crippen LogP contribution in [-0.4, -0.2) is 16.7 Å². The first kappa shape index (κ1) is 13.6. The summed E-state index contributed by atoms with van der Waals surface area (Å²) in [5, 5.41) is 10.4. The maximum atomic E-state index is 10.4. The summed E-state index contributed by atoms with van der Waals surface area (Å²) in [7, 11) is 0. The molecule has 100 valence electrons. The van der Waals surface area contributed by atoms with E-state index in [4.69, 9.17) is 4.74 Å². The van der Waals surface area contributed by atoms with Crippen molar-refractivity contribution in [3.05, 3.63) is 59.4 Å². The SMILES string of the molecule is CCCOc1ccc(C(O)c2cnccc2C)cc1. The summed E-state index contributed by atoms with van der Waals surface area (Å²) in [4.78, 5) is 4.07. The Morgan fingerprint density at radius 2 is 1.95 bits per heavy atom. The molecule has 1 atom stereocenters. The summed E-state index contributed by atoms with van der Waals surface area (Å²) in [6.07, 6.45) is 3.78. The summed E-state index contributed by atoms with van der Waals surface area (Å²) >= 11 is 0. The molecule has 3 nitrogen and oxygen atoms in total. The van der Waals surface area contributed by atoms with Crippen LogP contribution in [0, 0.1) is 6.92 Å². The van der Waals surface area contributed by atoms with Gasteiger partial charge in [0.15, 0.2) is 0 Å². The number of nitrogens with zero attached hydrogens (tertiary/aromatic N) is 1. The van der Waals surface area contributed by atoms with Gasteiger partial charge in [-0.25, -0.2) is 0 Å². The Kier molecular flexibility index (Phi) is 4.53. The second-order valence-electron chi connectivity index (χ2n) is 4.55. The van der Waals surface area contributed by atoms with Crippen molar-refractivity contribution >= 4 is 0 Å². The van der Waals surface area contributed by atoms with E-state index >= 15 is 0 Å². The number of aliphatic hydroxyl groups excluding tert-OH is 1. The van der Waals surface area contributed by atoms with Crippen molar-refractivity contribution in [3.63, 3.8) is 0 Å². The third-order valence-electron chi connectivity index (χ3n) is 3.04. The van der Waals surface area contributed by atoms with E-state index in [1.54, 1.807) is 12.4 Å². The van der Waals surface area contributed by atoms with Crippen LogP contribution < -0.4 is 4.74 Å². The molecule has 1 unspecified atom stereocenters. The summed E-state index contributed by atoms with van der Waals surface area (Å²) < 4.78 is 5.53. The average Bonchev–Trinajstić information content (AvgIpc) is 2.45. The van der Waals surface area contributed by atoms with E-state index in [1.807, 2.05) is 37.3 Å². The first-order valence-corrected chi connectivity index (χ1v) is 6.53. The lowest BCUT2D eigenvalue weighted by molar-refractivity contribution is 0.219. The average molecular weight is 257 g/mol. The molecule has 0 aliphatic rings. The molecule has 0 spiro atoms. The summed E-state index contributed by atoms with van der Waals surface area (Å²) in [6.45, 7) is 4.76. The van der Waals surface area contributed by atoms with Crippen LogP contribution in [0.4, 0.5) is 0 Å². The van der Waals surface area contributed by atoms with Crippen molar-refractivity contribution in [2.75, 3.05) is 6.61 Å². The zero-order chi connectivity index (χ0) is 13.7. The molecule has 0 bridgehead atoms. The smallest absolute Gasteiger partial charge is 0.119 e. The van der Waals surface area contributed by atoms with E-state index in [1.165, 1.54) is 0 Å². The van der Waals surface area contributed by atoms with Gasteiger partial charge in [0.25, 0.3) is 0 Å². The monoisotopic (exact) mass is 257 g/mol. The molecule has 0 radical (unpaired) electrons. The van der Waals surface area contributed by atoms with Crippen LogP contribution in [0.3, 0.4) is 0 Å². The summed E-state index contributed by atoms with van der Waals surface area (Å²) in [5.41, 5.74) is 2.72. The minimum atomic E-state index is -0.645. The number of aryl methyl sites for hydroxylation is 1. The lowest BCUT2D eigenvalue weighted by Crippen LogP contribution is -2.03. The van der Waals surface area contributed by atoms with Gasteiger partial charge in [0.05, 0.1) is 6.61 Å².